The number of nitrogens with two attached hydrogens (primary N) is 1. The number of fused-ring (bicyclic) bond motifs is 3. The van der Waals surface area contributed by atoms with Crippen molar-refractivity contribution in [3.63, 3.8) is 0 Å². The third kappa shape index (κ3) is 4.56. The van der Waals surface area contributed by atoms with Gasteiger partial charge < -0.3 is 48.9 Å². The summed E-state index contributed by atoms with van der Waals surface area (Å²) in [5, 5.41) is 19.6. The molecule has 0 fully saturated rings. The lowest BCUT2D eigenvalue weighted by atomic mass is 10.3. The zero-order valence-electron chi connectivity index (χ0n) is 20.3. The molecule has 39 heavy (non-hydrogen) atoms. The molecule has 16 heteroatoms. The number of nitrogen functional groups attached to an aromatic ring is 1. The largest absolute Gasteiger partial charge is 0.508 e. The molecule has 2 aromatic heterocycles. The molecule has 0 spiro atoms. The lowest BCUT2D eigenvalue weighted by Crippen LogP contribution is -2.32. The van der Waals surface area contributed by atoms with Gasteiger partial charge in [0.25, 0.3) is 0 Å². The minimum Gasteiger partial charge on any atom is -0.508 e. The van der Waals surface area contributed by atoms with Crippen LogP contribution in [-0.4, -0.2) is 62.1 Å². The van der Waals surface area contributed by atoms with Crippen LogP contribution in [0.5, 0.6) is 40.4 Å². The number of imidazole rings is 1. The zero-order chi connectivity index (χ0) is 27.1. The Labute approximate surface area is 220 Å². The number of benzene rings is 2. The number of hydrogen-bond acceptors (Lipinski definition) is 14. The van der Waals surface area contributed by atoms with Gasteiger partial charge in [-0.2, -0.15) is 9.97 Å². The predicted molar refractivity (Wildman–Crippen MR) is 132 cm³/mol. The van der Waals surface area contributed by atoms with E-state index in [1.165, 1.54) is 49.8 Å². The van der Waals surface area contributed by atoms with Crippen molar-refractivity contribution in [3.05, 3.63) is 42.7 Å². The van der Waals surface area contributed by atoms with Crippen molar-refractivity contribution in [2.24, 2.45) is 0 Å². The van der Waals surface area contributed by atoms with Crippen LogP contribution in [0.4, 0.5) is 5.95 Å². The Morgan fingerprint density at radius 1 is 0.949 bits per heavy atom. The third-order valence-electron chi connectivity index (χ3n) is 5.75. The molecule has 0 saturated heterocycles. The molecule has 0 saturated carbocycles. The quantitative estimate of drug-likeness (QED) is 0.200. The molecule has 4 N–H and O–H groups in total. The molecule has 2 aliphatic rings. The maximum atomic E-state index is 14.2. The molecule has 0 amide bonds. The van der Waals surface area contributed by atoms with E-state index in [1.54, 1.807) is 4.57 Å². The molecule has 2 aromatic carbocycles. The van der Waals surface area contributed by atoms with Gasteiger partial charge >= 0.3 is 19.4 Å². The van der Waals surface area contributed by atoms with Gasteiger partial charge in [0.05, 0.1) is 26.7 Å². The second-order valence-electron chi connectivity index (χ2n) is 8.34. The molecule has 0 bridgehead atoms. The van der Waals surface area contributed by atoms with Crippen LogP contribution in [0.15, 0.2) is 42.7 Å². The highest BCUT2D eigenvalue weighted by Crippen LogP contribution is 2.62. The first kappa shape index (κ1) is 24.9. The number of rotatable bonds is 9. The van der Waals surface area contributed by atoms with E-state index in [2.05, 4.69) is 15.0 Å². The summed E-state index contributed by atoms with van der Waals surface area (Å²) in [7, 11) is -2.62. The summed E-state index contributed by atoms with van der Waals surface area (Å²) in [6.45, 7) is -0.158. The fraction of sp³-hybridized carbons (Fsp3) is 0.261. The summed E-state index contributed by atoms with van der Waals surface area (Å²) < 4.78 is 55.4. The van der Waals surface area contributed by atoms with Crippen LogP contribution in [0.2, 0.25) is 0 Å². The molecule has 2 aliphatic heterocycles. The SMILES string of the molecule is COc1nc(N)nc2c1ncn2COCCOP(=O)(C1Oc2ccc(O)cc2O1)C1Oc2ccc(O)cc2O1. The van der Waals surface area contributed by atoms with E-state index >= 15 is 0 Å². The van der Waals surface area contributed by atoms with Crippen LogP contribution in [0.3, 0.4) is 0 Å². The van der Waals surface area contributed by atoms with Gasteiger partial charge in [0.1, 0.15) is 18.2 Å². The van der Waals surface area contributed by atoms with Crippen LogP contribution in [0.25, 0.3) is 11.2 Å². The first-order chi connectivity index (χ1) is 18.8. The predicted octanol–water partition coefficient (Wildman–Crippen LogP) is 2.61. The molecule has 0 radical (unpaired) electrons. The summed E-state index contributed by atoms with van der Waals surface area (Å²) in [6.07, 6.45) is 1.49. The molecule has 6 rings (SSSR count). The summed E-state index contributed by atoms with van der Waals surface area (Å²) in [5.74, 6) is 1.00. The molecule has 4 heterocycles. The number of phenolic OH excluding ortho intramolecular Hbond substituents is 2. The Morgan fingerprint density at radius 2 is 1.56 bits per heavy atom. The summed E-state index contributed by atoms with van der Waals surface area (Å²) >= 11 is 0. The summed E-state index contributed by atoms with van der Waals surface area (Å²) in [4.78, 5) is 12.4. The molecule has 4 aromatic rings. The summed E-state index contributed by atoms with van der Waals surface area (Å²) in [5.41, 5.74) is 6.57. The van der Waals surface area contributed by atoms with E-state index < -0.39 is 19.4 Å². The Kier molecular flexibility index (Phi) is 6.17. The smallest absolute Gasteiger partial charge is 0.361 e. The minimum atomic E-state index is -4.07. The van der Waals surface area contributed by atoms with Gasteiger partial charge in [0.15, 0.2) is 34.2 Å². The topological polar surface area (TPSA) is 192 Å². The van der Waals surface area contributed by atoms with Gasteiger partial charge in [-0.1, -0.05) is 0 Å². The van der Waals surface area contributed by atoms with Gasteiger partial charge in [0, 0.05) is 12.1 Å². The Bertz CT molecular complexity index is 1530. The van der Waals surface area contributed by atoms with Crippen molar-refractivity contribution < 1.29 is 47.7 Å². The van der Waals surface area contributed by atoms with Crippen LogP contribution in [0, 0.1) is 0 Å². The number of phenols is 2. The van der Waals surface area contributed by atoms with Crippen molar-refractivity contribution in [1.29, 1.82) is 0 Å². The Balaban J connectivity index is 1.15. The first-order valence-corrected chi connectivity index (χ1v) is 13.3. The maximum absolute atomic E-state index is 14.2. The van der Waals surface area contributed by atoms with Crippen LogP contribution < -0.4 is 29.4 Å². The van der Waals surface area contributed by atoms with E-state index in [4.69, 9.17) is 38.7 Å². The van der Waals surface area contributed by atoms with E-state index in [0.29, 0.717) is 11.2 Å². The number of aromatic hydroxyl groups is 2. The van der Waals surface area contributed by atoms with Crippen molar-refractivity contribution in [2.45, 2.75) is 18.8 Å². The van der Waals surface area contributed by atoms with Crippen molar-refractivity contribution in [1.82, 2.24) is 19.5 Å². The average Bonchev–Trinajstić information content (AvgIpc) is 3.64. The fourth-order valence-electron chi connectivity index (χ4n) is 3.94. The third-order valence-corrected chi connectivity index (χ3v) is 7.93. The van der Waals surface area contributed by atoms with Gasteiger partial charge in [-0.3, -0.25) is 9.13 Å². The first-order valence-electron chi connectivity index (χ1n) is 11.5. The van der Waals surface area contributed by atoms with Crippen LogP contribution in [-0.2, 0) is 20.6 Å². The van der Waals surface area contributed by atoms with Gasteiger partial charge in [0.2, 0.25) is 11.8 Å². The molecular formula is C23H22N5O10P. The molecule has 204 valence electrons. The van der Waals surface area contributed by atoms with Crippen molar-refractivity contribution in [2.75, 3.05) is 26.1 Å². The average molecular weight is 559 g/mol. The van der Waals surface area contributed by atoms with Gasteiger partial charge in [-0.25, -0.2) is 4.98 Å². The normalized spacial score (nSPS) is 18.8. The van der Waals surface area contributed by atoms with E-state index in [9.17, 15) is 14.8 Å². The lowest BCUT2D eigenvalue weighted by Gasteiger charge is -2.26. The van der Waals surface area contributed by atoms with E-state index in [0.717, 1.165) is 0 Å². The molecule has 0 aliphatic carbocycles. The Morgan fingerprint density at radius 3 is 2.18 bits per heavy atom. The zero-order valence-corrected chi connectivity index (χ0v) is 21.2. The molecule has 15 nitrogen and oxygen atoms in total. The van der Waals surface area contributed by atoms with Crippen molar-refractivity contribution in [3.8, 4) is 40.4 Å². The number of anilines is 1. The minimum absolute atomic E-state index is 0.0116. The standard InChI is InChI=1S/C23H22N5O10P/c1-32-20-18-19(26-21(24)27-20)28(10-25-18)11-33-6-7-34-39(31,22-35-14-4-2-12(29)8-16(14)37-22)23-36-15-5-3-13(30)9-17(15)38-23/h2-5,8-10,22-23,29-30H,6-7,11H2,1H3,(H2,24,26,27). The molecule has 2 unspecified atom stereocenters. The summed E-state index contributed by atoms with van der Waals surface area (Å²) in [6, 6.07) is 5.53. The number of hydrogen-bond donors (Lipinski definition) is 3. The highest BCUT2D eigenvalue weighted by Gasteiger charge is 2.54. The monoisotopic (exact) mass is 559 g/mol. The van der Waals surface area contributed by atoms with Crippen molar-refractivity contribution >= 4 is 24.5 Å². The lowest BCUT2D eigenvalue weighted by molar-refractivity contribution is 0.0292. The highest BCUT2D eigenvalue weighted by atomic mass is 31.2. The van der Waals surface area contributed by atoms with E-state index in [1.807, 2.05) is 0 Å². The number of aromatic nitrogens is 4. The highest BCUT2D eigenvalue weighted by molar-refractivity contribution is 7.59. The molecular weight excluding hydrogens is 537 g/mol. The maximum Gasteiger partial charge on any atom is 0.361 e. The van der Waals surface area contributed by atoms with Gasteiger partial charge in [-0.15, -0.1) is 0 Å². The second-order valence-corrected chi connectivity index (χ2v) is 10.7. The van der Waals surface area contributed by atoms with Crippen LogP contribution >= 0.6 is 7.37 Å². The van der Waals surface area contributed by atoms with E-state index in [-0.39, 0.29) is 66.3 Å². The van der Waals surface area contributed by atoms with Crippen LogP contribution in [0.1, 0.15) is 0 Å². The Hall–Kier alpha value is -4.46. The number of methoxy groups -OCH3 is 1. The fourth-order valence-corrected chi connectivity index (χ4v) is 5.79. The van der Waals surface area contributed by atoms with Gasteiger partial charge in [-0.05, 0) is 24.3 Å². The number of nitrogens with zero attached hydrogens (tertiary/aromatic N) is 4. The number of ether oxygens (including phenoxy) is 6. The molecule has 2 atom stereocenters. The second kappa shape index (κ2) is 9.69.